The van der Waals surface area contributed by atoms with Crippen molar-refractivity contribution in [3.63, 3.8) is 0 Å². The SMILES string of the molecule is C[NH+](C)CCOC(C)(c1ccccc1)c1ccc2c(c1)CCCCC2.O=C([O-])/C=C\C(=O)O. The molecule has 1 aliphatic carbocycles. The van der Waals surface area contributed by atoms with Crippen molar-refractivity contribution in [3.05, 3.63) is 82.9 Å². The zero-order valence-corrected chi connectivity index (χ0v) is 19.8. The van der Waals surface area contributed by atoms with E-state index in [2.05, 4.69) is 69.6 Å². The fourth-order valence-electron chi connectivity index (χ4n) is 3.90. The van der Waals surface area contributed by atoms with E-state index >= 15 is 0 Å². The number of likely N-dealkylation sites (N-methyl/N-ethyl adjacent to an activating group) is 1. The number of benzene rings is 2. The highest BCUT2D eigenvalue weighted by Crippen LogP contribution is 2.35. The standard InChI is InChI=1S/C23H31NO.C4H4O4/c1-23(25-17-16-24(2)3,21-12-8-5-9-13-21)22-15-14-19-10-6-4-7-11-20(19)18-22;5-3(6)1-2-4(7)8/h5,8-9,12-15,18H,4,6-7,10-11,16-17H2,1-3H3;1-2H,(H,5,6)(H,7,8)/b;2-1-. The molecule has 3 rings (SSSR count). The second-order valence-electron chi connectivity index (χ2n) is 8.74. The van der Waals surface area contributed by atoms with E-state index in [0.717, 1.165) is 13.2 Å². The molecule has 0 aliphatic heterocycles. The van der Waals surface area contributed by atoms with E-state index in [1.807, 2.05) is 0 Å². The van der Waals surface area contributed by atoms with Crippen molar-refractivity contribution in [3.8, 4) is 0 Å². The van der Waals surface area contributed by atoms with Gasteiger partial charge < -0.3 is 24.6 Å². The summed E-state index contributed by atoms with van der Waals surface area (Å²) in [5, 5.41) is 17.2. The molecule has 2 aromatic rings. The van der Waals surface area contributed by atoms with Gasteiger partial charge in [0.1, 0.15) is 12.1 Å². The largest absolute Gasteiger partial charge is 0.545 e. The Labute approximate surface area is 196 Å². The number of nitrogens with one attached hydrogen (secondary N) is 1. The Hall–Kier alpha value is -2.96. The number of aliphatic carboxylic acids is 2. The molecule has 1 aliphatic rings. The van der Waals surface area contributed by atoms with Crippen LogP contribution in [0.5, 0.6) is 0 Å². The van der Waals surface area contributed by atoms with Crippen LogP contribution in [0.2, 0.25) is 0 Å². The van der Waals surface area contributed by atoms with Gasteiger partial charge in [0.25, 0.3) is 0 Å². The topological polar surface area (TPSA) is 91.1 Å². The first-order chi connectivity index (χ1) is 15.7. The Morgan fingerprint density at radius 3 is 2.24 bits per heavy atom. The summed E-state index contributed by atoms with van der Waals surface area (Å²) in [6, 6.07) is 17.7. The van der Waals surface area contributed by atoms with Crippen molar-refractivity contribution in [2.45, 2.75) is 44.6 Å². The fourth-order valence-corrected chi connectivity index (χ4v) is 3.90. The Kier molecular flexibility index (Phi) is 10.3. The van der Waals surface area contributed by atoms with Gasteiger partial charge in [0.15, 0.2) is 0 Å². The number of quaternary nitrogens is 1. The van der Waals surface area contributed by atoms with Gasteiger partial charge in [0.2, 0.25) is 0 Å². The molecule has 6 nitrogen and oxygen atoms in total. The minimum atomic E-state index is -1.51. The van der Waals surface area contributed by atoms with E-state index in [0.29, 0.717) is 12.2 Å². The summed E-state index contributed by atoms with van der Waals surface area (Å²) in [4.78, 5) is 20.4. The van der Waals surface area contributed by atoms with Gasteiger partial charge in [-0.1, -0.05) is 55.0 Å². The molecule has 0 fully saturated rings. The third-order valence-electron chi connectivity index (χ3n) is 5.83. The van der Waals surface area contributed by atoms with Crippen LogP contribution in [0.25, 0.3) is 0 Å². The Bertz CT molecular complexity index is 923. The maximum absolute atomic E-state index is 9.53. The predicted molar refractivity (Wildman–Crippen MR) is 126 cm³/mol. The van der Waals surface area contributed by atoms with E-state index < -0.39 is 17.5 Å². The van der Waals surface area contributed by atoms with Crippen molar-refractivity contribution in [2.24, 2.45) is 0 Å². The first kappa shape index (κ1) is 26.3. The molecule has 0 saturated carbocycles. The Morgan fingerprint density at radius 1 is 1.00 bits per heavy atom. The van der Waals surface area contributed by atoms with Crippen molar-refractivity contribution < 1.29 is 29.4 Å². The summed E-state index contributed by atoms with van der Waals surface area (Å²) in [5.41, 5.74) is 5.19. The third-order valence-corrected chi connectivity index (χ3v) is 5.83. The summed E-state index contributed by atoms with van der Waals surface area (Å²) < 4.78 is 6.51. The van der Waals surface area contributed by atoms with Crippen molar-refractivity contribution in [2.75, 3.05) is 27.2 Å². The summed E-state index contributed by atoms with van der Waals surface area (Å²) in [5.74, 6) is -2.80. The number of aryl methyl sites for hydroxylation is 2. The van der Waals surface area contributed by atoms with Gasteiger partial charge in [-0.05, 0) is 60.9 Å². The summed E-state index contributed by atoms with van der Waals surface area (Å²) in [6.07, 6.45) is 7.35. The number of carbonyl (C=O) groups excluding carboxylic acids is 1. The van der Waals surface area contributed by atoms with Crippen molar-refractivity contribution in [1.82, 2.24) is 0 Å². The molecular weight excluding hydrogens is 418 g/mol. The number of carbonyl (C=O) groups is 2. The zero-order valence-electron chi connectivity index (χ0n) is 19.8. The van der Waals surface area contributed by atoms with Crippen molar-refractivity contribution in [1.29, 1.82) is 0 Å². The lowest BCUT2D eigenvalue weighted by Crippen LogP contribution is -3.06. The lowest BCUT2D eigenvalue weighted by molar-refractivity contribution is -0.859. The first-order valence-corrected chi connectivity index (χ1v) is 11.4. The average molecular weight is 454 g/mol. The number of hydrogen-bond donors (Lipinski definition) is 2. The molecule has 1 unspecified atom stereocenters. The minimum Gasteiger partial charge on any atom is -0.545 e. The van der Waals surface area contributed by atoms with Gasteiger partial charge in [-0.3, -0.25) is 0 Å². The molecule has 0 aromatic heterocycles. The number of fused-ring (bicyclic) bond motifs is 1. The van der Waals surface area contributed by atoms with Gasteiger partial charge in [-0.25, -0.2) is 4.79 Å². The summed E-state index contributed by atoms with van der Waals surface area (Å²) in [6.45, 7) is 3.99. The number of hydrogen-bond acceptors (Lipinski definition) is 4. The number of rotatable bonds is 8. The lowest BCUT2D eigenvalue weighted by Gasteiger charge is -2.32. The molecule has 0 spiro atoms. The monoisotopic (exact) mass is 453 g/mol. The number of carboxylic acid groups (broad SMARTS) is 2. The molecular formula is C27H35NO5. The number of ether oxygens (including phenoxy) is 1. The highest BCUT2D eigenvalue weighted by atomic mass is 16.5. The van der Waals surface area contributed by atoms with Crippen LogP contribution in [-0.2, 0) is 32.8 Å². The summed E-state index contributed by atoms with van der Waals surface area (Å²) >= 11 is 0. The second-order valence-corrected chi connectivity index (χ2v) is 8.74. The molecule has 2 N–H and O–H groups in total. The molecule has 33 heavy (non-hydrogen) atoms. The van der Waals surface area contributed by atoms with Crippen LogP contribution < -0.4 is 10.0 Å². The van der Waals surface area contributed by atoms with E-state index in [-0.39, 0.29) is 0 Å². The van der Waals surface area contributed by atoms with Crippen LogP contribution in [-0.4, -0.2) is 44.3 Å². The van der Waals surface area contributed by atoms with Gasteiger partial charge in [0, 0.05) is 6.08 Å². The van der Waals surface area contributed by atoms with E-state index in [4.69, 9.17) is 9.84 Å². The molecule has 0 radical (unpaired) electrons. The second kappa shape index (κ2) is 12.9. The fraction of sp³-hybridized carbons (Fsp3) is 0.407. The van der Waals surface area contributed by atoms with E-state index in [1.165, 1.54) is 59.3 Å². The highest BCUT2D eigenvalue weighted by molar-refractivity contribution is 5.88. The molecule has 0 bridgehead atoms. The third kappa shape index (κ3) is 8.48. The normalized spacial score (nSPS) is 15.2. The molecule has 0 heterocycles. The molecule has 0 saturated heterocycles. The van der Waals surface area contributed by atoms with Crippen LogP contribution >= 0.6 is 0 Å². The molecule has 0 amide bonds. The van der Waals surface area contributed by atoms with Gasteiger partial charge in [-0.15, -0.1) is 0 Å². The maximum atomic E-state index is 9.53. The molecule has 2 aromatic carbocycles. The van der Waals surface area contributed by atoms with Crippen LogP contribution in [0.1, 0.15) is 48.4 Å². The summed E-state index contributed by atoms with van der Waals surface area (Å²) in [7, 11) is 4.34. The van der Waals surface area contributed by atoms with Gasteiger partial charge in [0.05, 0.1) is 26.7 Å². The van der Waals surface area contributed by atoms with Crippen molar-refractivity contribution >= 4 is 11.9 Å². The molecule has 1 atom stereocenters. The predicted octanol–water partition coefficient (Wildman–Crippen LogP) is 1.76. The van der Waals surface area contributed by atoms with Crippen LogP contribution in [0.3, 0.4) is 0 Å². The lowest BCUT2D eigenvalue weighted by atomic mass is 9.85. The Balaban J connectivity index is 0.000000414. The maximum Gasteiger partial charge on any atom is 0.328 e. The molecule has 6 heteroatoms. The molecule has 178 valence electrons. The van der Waals surface area contributed by atoms with Crippen LogP contribution in [0, 0.1) is 0 Å². The van der Waals surface area contributed by atoms with Gasteiger partial charge >= 0.3 is 5.97 Å². The quantitative estimate of drug-likeness (QED) is 0.470. The van der Waals surface area contributed by atoms with Gasteiger partial charge in [-0.2, -0.15) is 0 Å². The van der Waals surface area contributed by atoms with Crippen LogP contribution in [0.4, 0.5) is 0 Å². The average Bonchev–Trinajstić information content (AvgIpc) is 3.03. The first-order valence-electron chi connectivity index (χ1n) is 11.4. The van der Waals surface area contributed by atoms with E-state index in [1.54, 1.807) is 0 Å². The Morgan fingerprint density at radius 2 is 1.67 bits per heavy atom. The zero-order chi connectivity index (χ0) is 24.3. The minimum absolute atomic E-state index is 0.391. The smallest absolute Gasteiger partial charge is 0.328 e. The highest BCUT2D eigenvalue weighted by Gasteiger charge is 2.30. The van der Waals surface area contributed by atoms with E-state index in [9.17, 15) is 14.7 Å². The number of carboxylic acids is 2. The van der Waals surface area contributed by atoms with Crippen LogP contribution in [0.15, 0.2) is 60.7 Å².